The van der Waals surface area contributed by atoms with Crippen molar-refractivity contribution >= 4 is 28.6 Å². The van der Waals surface area contributed by atoms with Crippen LogP contribution in [0.3, 0.4) is 0 Å². The Hall–Kier alpha value is -2.51. The molecule has 13 heteroatoms. The number of hydrogen-bond donors (Lipinski definition) is 4. The Kier molecular flexibility index (Phi) is 5.75. The molecule has 1 aliphatic heterocycles. The fourth-order valence-electron chi connectivity index (χ4n) is 3.44. The lowest BCUT2D eigenvalue weighted by Gasteiger charge is -2.17. The first kappa shape index (κ1) is 21.7. The van der Waals surface area contributed by atoms with E-state index in [1.165, 1.54) is 29.1 Å². The first-order valence-corrected chi connectivity index (χ1v) is 9.50. The number of alkyl halides is 3. The lowest BCUT2D eigenvalue weighted by atomic mass is 10.1. The van der Waals surface area contributed by atoms with Crippen LogP contribution in [-0.2, 0) is 17.5 Å². The van der Waals surface area contributed by atoms with Gasteiger partial charge in [-0.2, -0.15) is 23.1 Å². The first-order valence-electron chi connectivity index (χ1n) is 9.12. The van der Waals surface area contributed by atoms with Crippen LogP contribution >= 0.6 is 11.6 Å². The second-order valence-corrected chi connectivity index (χ2v) is 7.24. The van der Waals surface area contributed by atoms with Crippen LogP contribution in [0.4, 0.5) is 19.0 Å². The number of fused-ring (bicyclic) bond motifs is 1. The number of ether oxygens (including phenoxy) is 1. The number of anilines is 1. The Bertz CT molecular complexity index is 1100. The monoisotopic (exact) mass is 459 g/mol. The molecule has 0 spiro atoms. The summed E-state index contributed by atoms with van der Waals surface area (Å²) in [5, 5.41) is 32.1. The predicted octanol–water partition coefficient (Wildman–Crippen LogP) is 1.72. The number of benzene rings is 1. The van der Waals surface area contributed by atoms with E-state index in [9.17, 15) is 28.5 Å². The van der Waals surface area contributed by atoms with Gasteiger partial charge in [-0.25, -0.2) is 4.98 Å². The van der Waals surface area contributed by atoms with Gasteiger partial charge in [0.1, 0.15) is 18.3 Å². The molecule has 1 aliphatic rings. The summed E-state index contributed by atoms with van der Waals surface area (Å²) < 4.78 is 46.5. The van der Waals surface area contributed by atoms with E-state index in [0.717, 1.165) is 6.07 Å². The molecule has 4 N–H and O–H groups in total. The van der Waals surface area contributed by atoms with Crippen molar-refractivity contribution in [2.45, 2.75) is 37.3 Å². The van der Waals surface area contributed by atoms with Crippen molar-refractivity contribution < 1.29 is 33.2 Å². The largest absolute Gasteiger partial charge is 0.416 e. The molecule has 4 rings (SSSR count). The van der Waals surface area contributed by atoms with Crippen molar-refractivity contribution in [3.63, 3.8) is 0 Å². The van der Waals surface area contributed by atoms with E-state index in [0.29, 0.717) is 0 Å². The molecule has 2 aromatic heterocycles. The average Bonchev–Trinajstić information content (AvgIpc) is 3.26. The van der Waals surface area contributed by atoms with Crippen molar-refractivity contribution in [2.24, 2.45) is 0 Å². The minimum absolute atomic E-state index is 0.000718. The molecule has 3 aromatic rings. The van der Waals surface area contributed by atoms with Crippen LogP contribution in [-0.4, -0.2) is 59.8 Å². The van der Waals surface area contributed by atoms with E-state index >= 15 is 0 Å². The van der Waals surface area contributed by atoms with Crippen molar-refractivity contribution in [1.82, 2.24) is 19.5 Å². The number of aliphatic hydroxyl groups is 3. The van der Waals surface area contributed by atoms with Gasteiger partial charge < -0.3 is 25.4 Å². The quantitative estimate of drug-likeness (QED) is 0.425. The number of halogens is 4. The number of rotatable bonds is 5. The van der Waals surface area contributed by atoms with Crippen molar-refractivity contribution in [2.75, 3.05) is 11.9 Å². The summed E-state index contributed by atoms with van der Waals surface area (Å²) in [7, 11) is 0. The van der Waals surface area contributed by atoms with Crippen LogP contribution in [0.2, 0.25) is 5.28 Å². The zero-order valence-electron chi connectivity index (χ0n) is 15.7. The normalized spacial score (nSPS) is 24.1. The van der Waals surface area contributed by atoms with Gasteiger partial charge in [-0.1, -0.05) is 18.2 Å². The Morgan fingerprint density at radius 2 is 1.90 bits per heavy atom. The second-order valence-electron chi connectivity index (χ2n) is 6.90. The molecule has 0 amide bonds. The third-order valence-corrected chi connectivity index (χ3v) is 5.12. The second kappa shape index (κ2) is 8.20. The van der Waals surface area contributed by atoms with Gasteiger partial charge in [-0.15, -0.1) is 0 Å². The number of aliphatic hydroxyl groups excluding tert-OH is 3. The molecule has 1 fully saturated rings. The van der Waals surface area contributed by atoms with Gasteiger partial charge in [-0.3, -0.25) is 4.57 Å². The minimum atomic E-state index is -4.52. The summed E-state index contributed by atoms with van der Waals surface area (Å²) >= 11 is 5.99. The van der Waals surface area contributed by atoms with Gasteiger partial charge in [0.05, 0.1) is 18.5 Å². The number of nitrogens with one attached hydrogen (secondary N) is 1. The summed E-state index contributed by atoms with van der Waals surface area (Å²) in [6.07, 6.45) is -8.07. The lowest BCUT2D eigenvalue weighted by molar-refractivity contribution is -0.138. The van der Waals surface area contributed by atoms with Gasteiger partial charge in [0.2, 0.25) is 5.28 Å². The Morgan fingerprint density at radius 1 is 1.16 bits per heavy atom. The molecule has 1 saturated heterocycles. The van der Waals surface area contributed by atoms with Gasteiger partial charge in [0, 0.05) is 6.54 Å². The highest BCUT2D eigenvalue weighted by molar-refractivity contribution is 6.28. The van der Waals surface area contributed by atoms with Crippen molar-refractivity contribution in [1.29, 1.82) is 0 Å². The zero-order valence-corrected chi connectivity index (χ0v) is 16.4. The van der Waals surface area contributed by atoms with Crippen LogP contribution < -0.4 is 5.32 Å². The standard InChI is InChI=1S/C18H17ClF3N5O4/c19-17-25-14(23-5-8-3-1-2-4-9(8)18(20,21)22)11-15(26-17)27(7-24-11)16-13(30)12(29)10(6-28)31-16/h1-4,7,10,12-13,16,28-30H,5-6H2,(H,23,25,26)/t10-,12-,13-,16-/m1/s1. The molecule has 31 heavy (non-hydrogen) atoms. The minimum Gasteiger partial charge on any atom is -0.394 e. The van der Waals surface area contributed by atoms with Crippen LogP contribution in [0.1, 0.15) is 17.4 Å². The van der Waals surface area contributed by atoms with Crippen molar-refractivity contribution in [3.8, 4) is 0 Å². The fraction of sp³-hybridized carbons (Fsp3) is 0.389. The van der Waals surface area contributed by atoms with Gasteiger partial charge >= 0.3 is 6.18 Å². The van der Waals surface area contributed by atoms with E-state index in [1.807, 2.05) is 0 Å². The Morgan fingerprint density at radius 3 is 2.58 bits per heavy atom. The highest BCUT2D eigenvalue weighted by Gasteiger charge is 2.44. The molecular weight excluding hydrogens is 443 g/mol. The number of imidazole rings is 1. The zero-order chi connectivity index (χ0) is 22.3. The summed E-state index contributed by atoms with van der Waals surface area (Å²) in [6, 6.07) is 5.11. The maximum absolute atomic E-state index is 13.2. The van der Waals surface area contributed by atoms with E-state index in [2.05, 4.69) is 20.3 Å². The van der Waals surface area contributed by atoms with E-state index < -0.39 is 42.9 Å². The predicted molar refractivity (Wildman–Crippen MR) is 102 cm³/mol. The molecular formula is C18H17ClF3N5O4. The molecule has 166 valence electrons. The Balaban J connectivity index is 1.66. The topological polar surface area (TPSA) is 126 Å². The number of nitrogens with zero attached hydrogens (tertiary/aromatic N) is 4. The molecule has 9 nitrogen and oxygen atoms in total. The molecule has 0 bridgehead atoms. The van der Waals surface area contributed by atoms with Gasteiger partial charge in [0.15, 0.2) is 23.2 Å². The van der Waals surface area contributed by atoms with Crippen LogP contribution in [0.25, 0.3) is 11.2 Å². The summed E-state index contributed by atoms with van der Waals surface area (Å²) in [6.45, 7) is -0.721. The summed E-state index contributed by atoms with van der Waals surface area (Å²) in [5.41, 5.74) is -0.482. The molecule has 0 saturated carbocycles. The third kappa shape index (κ3) is 4.04. The SMILES string of the molecule is OC[C@H]1O[C@@H](n2cnc3c(NCc4ccccc4C(F)(F)F)nc(Cl)nc32)[C@H](O)[C@@H]1O. The molecule has 3 heterocycles. The number of hydrogen-bond acceptors (Lipinski definition) is 8. The molecule has 1 aromatic carbocycles. The maximum Gasteiger partial charge on any atom is 0.416 e. The van der Waals surface area contributed by atoms with Crippen molar-refractivity contribution in [3.05, 3.63) is 47.0 Å². The highest BCUT2D eigenvalue weighted by atomic mass is 35.5. The number of aromatic nitrogens is 4. The average molecular weight is 460 g/mol. The molecule has 0 unspecified atom stereocenters. The van der Waals surface area contributed by atoms with E-state index in [1.54, 1.807) is 0 Å². The van der Waals surface area contributed by atoms with Gasteiger partial charge in [0.25, 0.3) is 0 Å². The summed E-state index contributed by atoms with van der Waals surface area (Å²) in [4.78, 5) is 12.2. The third-order valence-electron chi connectivity index (χ3n) is 4.95. The van der Waals surface area contributed by atoms with Gasteiger partial charge in [-0.05, 0) is 23.2 Å². The fourth-order valence-corrected chi connectivity index (χ4v) is 3.60. The highest BCUT2D eigenvalue weighted by Crippen LogP contribution is 2.34. The van der Waals surface area contributed by atoms with E-state index in [4.69, 9.17) is 16.3 Å². The van der Waals surface area contributed by atoms with E-state index in [-0.39, 0.29) is 34.4 Å². The van der Waals surface area contributed by atoms with Crippen LogP contribution in [0.15, 0.2) is 30.6 Å². The first-order chi connectivity index (χ1) is 14.7. The Labute approximate surface area is 178 Å². The lowest BCUT2D eigenvalue weighted by Crippen LogP contribution is -2.33. The molecule has 4 atom stereocenters. The smallest absolute Gasteiger partial charge is 0.394 e. The molecule has 0 aliphatic carbocycles. The van der Waals surface area contributed by atoms with Crippen LogP contribution in [0, 0.1) is 0 Å². The summed E-state index contributed by atoms with van der Waals surface area (Å²) in [5.74, 6) is 0.0810. The van der Waals surface area contributed by atoms with Crippen LogP contribution in [0.5, 0.6) is 0 Å². The maximum atomic E-state index is 13.2. The molecule has 0 radical (unpaired) electrons.